The number of nitrogens with zero attached hydrogens (tertiary/aromatic N) is 2. The van der Waals surface area contributed by atoms with Gasteiger partial charge in [-0.3, -0.25) is 10.8 Å². The van der Waals surface area contributed by atoms with Crippen molar-refractivity contribution in [1.82, 2.24) is 9.99 Å². The highest BCUT2D eigenvalue weighted by atomic mass is 79.9. The van der Waals surface area contributed by atoms with Crippen molar-refractivity contribution in [3.05, 3.63) is 36.0 Å². The zero-order chi connectivity index (χ0) is 19.1. The number of aryl methyl sites for hydroxylation is 1. The quantitative estimate of drug-likeness (QED) is 0.325. The summed E-state index contributed by atoms with van der Waals surface area (Å²) in [6, 6.07) is 7.48. The maximum atomic E-state index is 9.80. The first kappa shape index (κ1) is 21.1. The fourth-order valence-corrected chi connectivity index (χ4v) is 3.93. The predicted molar refractivity (Wildman–Crippen MR) is 113 cm³/mol. The lowest BCUT2D eigenvalue weighted by Gasteiger charge is -2.28. The molecule has 0 amide bonds. The fourth-order valence-electron chi connectivity index (χ4n) is 3.50. The molecule has 2 rings (SSSR count). The number of hydrazine groups is 1. The lowest BCUT2D eigenvalue weighted by atomic mass is 9.84. The summed E-state index contributed by atoms with van der Waals surface area (Å²) in [5.74, 6) is 7.54. The van der Waals surface area contributed by atoms with Crippen LogP contribution in [0.15, 0.2) is 30.5 Å². The van der Waals surface area contributed by atoms with E-state index in [9.17, 15) is 5.11 Å². The number of aromatic nitrogens is 1. The van der Waals surface area contributed by atoms with Crippen molar-refractivity contribution in [3.63, 3.8) is 0 Å². The number of hydrogen-bond donors (Lipinski definition) is 2. The Morgan fingerprint density at radius 1 is 1.23 bits per heavy atom. The van der Waals surface area contributed by atoms with E-state index in [1.54, 1.807) is 6.07 Å². The maximum Gasteiger partial charge on any atom is 0.116 e. The molecule has 0 aliphatic rings. The molecule has 5 heteroatoms. The van der Waals surface area contributed by atoms with Gasteiger partial charge < -0.3 is 5.11 Å². The standard InChI is InChI=1S/C21H32BrN3O/c1-4-25(23)13-11-17(15(2)16(3)22)6-5-7-18-10-12-24-21-9-8-19(26)14-20(18)21/h8-10,12,14-17,26H,4-7,11,13,23H2,1-3H3/t15?,16-,17?/m0/s1. The number of phenolic OH excluding ortho intramolecular Hbond substituents is 1. The summed E-state index contributed by atoms with van der Waals surface area (Å²) < 4.78 is 0. The van der Waals surface area contributed by atoms with Crippen molar-refractivity contribution in [2.75, 3.05) is 13.1 Å². The Labute approximate surface area is 165 Å². The lowest BCUT2D eigenvalue weighted by molar-refractivity contribution is 0.231. The molecule has 0 aliphatic heterocycles. The monoisotopic (exact) mass is 421 g/mol. The molecule has 3 atom stereocenters. The highest BCUT2D eigenvalue weighted by Crippen LogP contribution is 2.29. The smallest absolute Gasteiger partial charge is 0.116 e. The molecule has 0 radical (unpaired) electrons. The van der Waals surface area contributed by atoms with Crippen molar-refractivity contribution in [2.45, 2.75) is 51.3 Å². The Balaban J connectivity index is 2.01. The molecule has 0 saturated heterocycles. The van der Waals surface area contributed by atoms with Crippen LogP contribution in [0.1, 0.15) is 45.6 Å². The van der Waals surface area contributed by atoms with E-state index in [2.05, 4.69) is 47.8 Å². The molecule has 0 saturated carbocycles. The van der Waals surface area contributed by atoms with E-state index in [1.165, 1.54) is 12.0 Å². The van der Waals surface area contributed by atoms with Gasteiger partial charge in [-0.05, 0) is 67.3 Å². The topological polar surface area (TPSA) is 62.4 Å². The number of aromatic hydroxyl groups is 1. The molecule has 0 bridgehead atoms. The molecule has 0 aliphatic carbocycles. The highest BCUT2D eigenvalue weighted by Gasteiger charge is 2.21. The average Bonchev–Trinajstić information content (AvgIpc) is 2.63. The summed E-state index contributed by atoms with van der Waals surface area (Å²) in [6.07, 6.45) is 6.29. The van der Waals surface area contributed by atoms with Gasteiger partial charge in [0.2, 0.25) is 0 Å². The number of pyridine rings is 1. The van der Waals surface area contributed by atoms with Crippen LogP contribution in [-0.4, -0.2) is 33.0 Å². The van der Waals surface area contributed by atoms with Crippen LogP contribution in [0.3, 0.4) is 0 Å². The Kier molecular flexibility index (Phi) is 8.32. The number of rotatable bonds is 10. The summed E-state index contributed by atoms with van der Waals surface area (Å²) in [5.41, 5.74) is 2.21. The van der Waals surface area contributed by atoms with E-state index in [1.807, 2.05) is 23.3 Å². The third-order valence-electron chi connectivity index (χ3n) is 5.50. The van der Waals surface area contributed by atoms with Crippen molar-refractivity contribution in [1.29, 1.82) is 0 Å². The third kappa shape index (κ3) is 5.93. The van der Waals surface area contributed by atoms with Crippen LogP contribution < -0.4 is 5.84 Å². The first-order chi connectivity index (χ1) is 12.4. The van der Waals surface area contributed by atoms with Gasteiger partial charge in [-0.2, -0.15) is 0 Å². The molecule has 4 nitrogen and oxygen atoms in total. The molecule has 2 aromatic rings. The molecule has 0 fully saturated rings. The van der Waals surface area contributed by atoms with E-state index in [-0.39, 0.29) is 0 Å². The van der Waals surface area contributed by atoms with E-state index in [4.69, 9.17) is 5.84 Å². The minimum Gasteiger partial charge on any atom is -0.508 e. The summed E-state index contributed by atoms with van der Waals surface area (Å²) in [4.78, 5) is 4.90. The Morgan fingerprint density at radius 3 is 2.69 bits per heavy atom. The predicted octanol–water partition coefficient (Wildman–Crippen LogP) is 4.88. The van der Waals surface area contributed by atoms with Gasteiger partial charge in [-0.15, -0.1) is 0 Å². The van der Waals surface area contributed by atoms with Crippen LogP contribution in [0.2, 0.25) is 0 Å². The Morgan fingerprint density at radius 2 is 2.00 bits per heavy atom. The number of phenols is 1. The minimum atomic E-state index is 0.300. The number of fused-ring (bicyclic) bond motifs is 1. The second-order valence-electron chi connectivity index (χ2n) is 7.28. The van der Waals surface area contributed by atoms with Gasteiger partial charge in [-0.1, -0.05) is 36.7 Å². The molecule has 1 heterocycles. The summed E-state index contributed by atoms with van der Waals surface area (Å²) >= 11 is 3.76. The van der Waals surface area contributed by atoms with E-state index >= 15 is 0 Å². The Hall–Kier alpha value is -1.17. The Bertz CT molecular complexity index is 692. The van der Waals surface area contributed by atoms with Crippen molar-refractivity contribution in [2.24, 2.45) is 17.7 Å². The van der Waals surface area contributed by atoms with Gasteiger partial charge in [-0.25, -0.2) is 5.01 Å². The zero-order valence-electron chi connectivity index (χ0n) is 16.2. The van der Waals surface area contributed by atoms with Crippen LogP contribution in [0.25, 0.3) is 10.9 Å². The normalized spacial score (nSPS) is 15.3. The van der Waals surface area contributed by atoms with Gasteiger partial charge >= 0.3 is 0 Å². The van der Waals surface area contributed by atoms with Crippen LogP contribution in [0, 0.1) is 11.8 Å². The molecule has 26 heavy (non-hydrogen) atoms. The first-order valence-electron chi connectivity index (χ1n) is 9.62. The second kappa shape index (κ2) is 10.2. The maximum absolute atomic E-state index is 9.80. The molecule has 1 aromatic heterocycles. The number of halogens is 1. The molecule has 144 valence electrons. The van der Waals surface area contributed by atoms with Crippen molar-refractivity contribution >= 4 is 26.8 Å². The number of alkyl halides is 1. The van der Waals surface area contributed by atoms with Gasteiger partial charge in [0.1, 0.15) is 5.75 Å². The molecular formula is C21H32BrN3O. The van der Waals surface area contributed by atoms with Crippen molar-refractivity contribution < 1.29 is 5.11 Å². The highest BCUT2D eigenvalue weighted by molar-refractivity contribution is 9.09. The number of nitrogens with two attached hydrogens (primary N) is 1. The zero-order valence-corrected chi connectivity index (χ0v) is 17.7. The number of hydrogen-bond acceptors (Lipinski definition) is 4. The first-order valence-corrected chi connectivity index (χ1v) is 10.5. The lowest BCUT2D eigenvalue weighted by Crippen LogP contribution is -2.34. The third-order valence-corrected chi connectivity index (χ3v) is 6.33. The average molecular weight is 422 g/mol. The SMILES string of the molecule is CCN(N)CCC(CCCc1ccnc2ccc(O)cc12)C(C)[C@H](C)Br. The van der Waals surface area contributed by atoms with Crippen LogP contribution in [0.4, 0.5) is 0 Å². The van der Waals surface area contributed by atoms with E-state index in [0.29, 0.717) is 22.4 Å². The van der Waals surface area contributed by atoms with Crippen molar-refractivity contribution in [3.8, 4) is 5.75 Å². The van der Waals surface area contributed by atoms with Gasteiger partial charge in [0, 0.05) is 29.5 Å². The molecule has 1 aromatic carbocycles. The number of benzene rings is 1. The van der Waals surface area contributed by atoms with Crippen LogP contribution in [0.5, 0.6) is 5.75 Å². The molecule has 2 unspecified atom stereocenters. The van der Waals surface area contributed by atoms with Gasteiger partial charge in [0.25, 0.3) is 0 Å². The molecule has 0 spiro atoms. The van der Waals surface area contributed by atoms with E-state index in [0.717, 1.165) is 43.3 Å². The van der Waals surface area contributed by atoms with Crippen LogP contribution in [-0.2, 0) is 6.42 Å². The second-order valence-corrected chi connectivity index (χ2v) is 8.72. The molecular weight excluding hydrogens is 390 g/mol. The van der Waals surface area contributed by atoms with Gasteiger partial charge in [0.15, 0.2) is 0 Å². The largest absolute Gasteiger partial charge is 0.508 e. The summed E-state index contributed by atoms with van der Waals surface area (Å²) in [7, 11) is 0. The van der Waals surface area contributed by atoms with Gasteiger partial charge in [0.05, 0.1) is 5.52 Å². The summed E-state index contributed by atoms with van der Waals surface area (Å²) in [6.45, 7) is 8.48. The van der Waals surface area contributed by atoms with E-state index < -0.39 is 0 Å². The minimum absolute atomic E-state index is 0.300. The van der Waals surface area contributed by atoms with Crippen LogP contribution >= 0.6 is 15.9 Å². The fraction of sp³-hybridized carbons (Fsp3) is 0.571. The summed E-state index contributed by atoms with van der Waals surface area (Å²) in [5, 5.41) is 12.8. The molecule has 3 N–H and O–H groups in total.